The fraction of sp³-hybridized carbons (Fsp3) is 0.452. The van der Waals surface area contributed by atoms with Crippen LogP contribution >= 0.6 is 22.7 Å². The summed E-state index contributed by atoms with van der Waals surface area (Å²) < 4.78 is 97.8. The number of rotatable bonds is 9. The molecule has 0 radical (unpaired) electrons. The number of piperazine rings is 1. The van der Waals surface area contributed by atoms with Crippen LogP contribution < -0.4 is 4.31 Å². The Balaban J connectivity index is 0.000000367. The molecule has 6 rings (SSSR count). The van der Waals surface area contributed by atoms with Crippen molar-refractivity contribution in [1.82, 2.24) is 19.8 Å². The number of nitrogens with one attached hydrogen (secondary N) is 1. The molecule has 3 aromatic heterocycles. The van der Waals surface area contributed by atoms with Crippen molar-refractivity contribution >= 4 is 61.2 Å². The lowest BCUT2D eigenvalue weighted by Gasteiger charge is -2.35. The number of hydrogen-bond donors (Lipinski definition) is 3. The van der Waals surface area contributed by atoms with Gasteiger partial charge in [0.1, 0.15) is 9.22 Å². The van der Waals surface area contributed by atoms with E-state index in [9.17, 15) is 34.8 Å². The van der Waals surface area contributed by atoms with Crippen molar-refractivity contribution in [1.29, 1.82) is 0 Å². The van der Waals surface area contributed by atoms with Crippen molar-refractivity contribution in [3.05, 3.63) is 52.9 Å². The number of anilines is 1. The highest BCUT2D eigenvalue weighted by Gasteiger charge is 2.39. The van der Waals surface area contributed by atoms with Crippen LogP contribution in [0.25, 0.3) is 21.6 Å². The predicted octanol–water partition coefficient (Wildman–Crippen LogP) is 6.13. The molecule has 2 aliphatic rings. The molecule has 52 heavy (non-hydrogen) atoms. The maximum atomic E-state index is 13.3. The molecule has 0 bridgehead atoms. The number of halogens is 6. The summed E-state index contributed by atoms with van der Waals surface area (Å²) in [7, 11) is -3.63. The molecule has 0 amide bonds. The minimum absolute atomic E-state index is 0.343. The molecular formula is C31H35F6N5O7S3. The van der Waals surface area contributed by atoms with Gasteiger partial charge in [0.15, 0.2) is 0 Å². The molecule has 0 spiro atoms. The minimum Gasteiger partial charge on any atom is -0.475 e. The third-order valence-corrected chi connectivity index (χ3v) is 12.1. The molecule has 2 aliphatic heterocycles. The number of thiazole rings is 1. The Labute approximate surface area is 302 Å². The summed E-state index contributed by atoms with van der Waals surface area (Å²) in [6.07, 6.45) is -5.38. The van der Waals surface area contributed by atoms with Gasteiger partial charge in [0, 0.05) is 68.9 Å². The molecule has 286 valence electrons. The Morgan fingerprint density at radius 3 is 2.19 bits per heavy atom. The summed E-state index contributed by atoms with van der Waals surface area (Å²) in [5.41, 5.74) is 2.38. The number of carboxylic acid groups (broad SMARTS) is 2. The first kappa shape index (κ1) is 41.0. The molecule has 5 heterocycles. The number of ether oxygens (including phenoxy) is 1. The zero-order valence-electron chi connectivity index (χ0n) is 27.5. The van der Waals surface area contributed by atoms with Gasteiger partial charge < -0.3 is 19.9 Å². The summed E-state index contributed by atoms with van der Waals surface area (Å²) in [6, 6.07) is 11.3. The fourth-order valence-electron chi connectivity index (χ4n) is 5.38. The molecule has 21 heteroatoms. The van der Waals surface area contributed by atoms with Gasteiger partial charge in [-0.3, -0.25) is 14.1 Å². The largest absolute Gasteiger partial charge is 0.490 e. The van der Waals surface area contributed by atoms with Gasteiger partial charge in [0.25, 0.3) is 10.0 Å². The van der Waals surface area contributed by atoms with E-state index in [0.29, 0.717) is 22.5 Å². The molecule has 0 aliphatic carbocycles. The lowest BCUT2D eigenvalue weighted by molar-refractivity contribution is -0.193. The number of H-pyrrole nitrogens is 1. The van der Waals surface area contributed by atoms with Gasteiger partial charge in [-0.05, 0) is 43.3 Å². The maximum absolute atomic E-state index is 13.3. The first-order chi connectivity index (χ1) is 24.4. The zero-order chi connectivity index (χ0) is 38.3. The highest BCUT2D eigenvalue weighted by molar-refractivity contribution is 7.94. The third-order valence-electron chi connectivity index (χ3n) is 7.83. The van der Waals surface area contributed by atoms with Crippen molar-refractivity contribution in [3.8, 4) is 10.7 Å². The molecule has 2 saturated heterocycles. The summed E-state index contributed by atoms with van der Waals surface area (Å²) >= 11 is 2.94. The Kier molecular flexibility index (Phi) is 13.7. The van der Waals surface area contributed by atoms with E-state index < -0.39 is 34.3 Å². The van der Waals surface area contributed by atoms with Crippen molar-refractivity contribution < 1.29 is 59.3 Å². The summed E-state index contributed by atoms with van der Waals surface area (Å²) in [6.45, 7) is 9.37. The Morgan fingerprint density at radius 1 is 1.02 bits per heavy atom. The number of thiophene rings is 1. The molecule has 0 saturated carbocycles. The number of para-hydroxylation sites is 1. The number of benzene rings is 1. The number of nitrogens with zero attached hydrogens (tertiary/aromatic N) is 4. The van der Waals surface area contributed by atoms with E-state index in [4.69, 9.17) is 29.5 Å². The molecular weight excluding hydrogens is 765 g/mol. The van der Waals surface area contributed by atoms with Gasteiger partial charge in [-0.15, -0.1) is 22.7 Å². The van der Waals surface area contributed by atoms with Crippen molar-refractivity contribution in [2.75, 3.05) is 50.2 Å². The molecule has 1 aromatic carbocycles. The van der Waals surface area contributed by atoms with E-state index in [1.807, 2.05) is 31.3 Å². The van der Waals surface area contributed by atoms with Gasteiger partial charge in [-0.1, -0.05) is 18.2 Å². The van der Waals surface area contributed by atoms with Crippen molar-refractivity contribution in [3.63, 3.8) is 0 Å². The average Bonchev–Trinajstić information content (AvgIpc) is 3.90. The van der Waals surface area contributed by atoms with Crippen molar-refractivity contribution in [2.45, 2.75) is 49.0 Å². The van der Waals surface area contributed by atoms with Crippen LogP contribution in [0.2, 0.25) is 0 Å². The van der Waals surface area contributed by atoms with Crippen LogP contribution in [-0.4, -0.2) is 115 Å². The second kappa shape index (κ2) is 17.4. The first-order valence-electron chi connectivity index (χ1n) is 15.7. The van der Waals surface area contributed by atoms with Crippen LogP contribution in [0.5, 0.6) is 0 Å². The summed E-state index contributed by atoms with van der Waals surface area (Å²) in [4.78, 5) is 32.3. The van der Waals surface area contributed by atoms with E-state index in [1.165, 1.54) is 33.4 Å². The quantitative estimate of drug-likeness (QED) is 0.168. The Bertz CT molecular complexity index is 1860. The predicted molar refractivity (Wildman–Crippen MR) is 182 cm³/mol. The average molecular weight is 800 g/mol. The number of hydrogen-bond acceptors (Lipinski definition) is 10. The highest BCUT2D eigenvalue weighted by atomic mass is 32.2. The van der Waals surface area contributed by atoms with Crippen LogP contribution in [0, 0.1) is 0 Å². The van der Waals surface area contributed by atoms with Crippen LogP contribution in [0.3, 0.4) is 0 Å². The lowest BCUT2D eigenvalue weighted by atomic mass is 10.2. The maximum Gasteiger partial charge on any atom is 0.490 e. The topological polar surface area (TPSA) is 156 Å². The number of aliphatic carboxylic acids is 2. The number of carbonyl (C=O) groups is 2. The van der Waals surface area contributed by atoms with Crippen molar-refractivity contribution in [2.24, 2.45) is 0 Å². The molecule has 2 fully saturated rings. The SMILES string of the molecule is CCN(c1cccc2cc(-c3ncc(CN4CCN(CC5CCCO5)CC4)s3)[nH]c12)S(=O)(=O)c1cccs1.O=C(O)C(F)(F)F.O=C(O)C(F)(F)F. The number of aromatic nitrogens is 2. The standard InChI is InChI=1S/C27H33N5O3S3.2C2HF3O2/c1-2-32(38(33,34)25-9-5-15-36-25)24-8-3-6-20-16-23(29-26(20)24)27-28-17-22(37-27)19-31-12-10-30(11-13-31)18-21-7-4-14-35-21;2*3-2(4,5)1(6)7/h3,5-6,8-9,15-17,21,29H,2,4,7,10-14,18-19H2,1H3;2*(H,6,7). The highest BCUT2D eigenvalue weighted by Crippen LogP contribution is 2.35. The van der Waals surface area contributed by atoms with E-state index in [0.717, 1.165) is 67.5 Å². The van der Waals surface area contributed by atoms with Gasteiger partial charge in [0.05, 0.1) is 23.0 Å². The van der Waals surface area contributed by atoms with Crippen LogP contribution in [-0.2, 0) is 30.9 Å². The Hall–Kier alpha value is -3.76. The number of sulfonamides is 1. The van der Waals surface area contributed by atoms with Gasteiger partial charge in [0.2, 0.25) is 0 Å². The monoisotopic (exact) mass is 799 g/mol. The normalized spacial score (nSPS) is 17.2. The number of carboxylic acids is 2. The number of alkyl halides is 6. The van der Waals surface area contributed by atoms with Gasteiger partial charge in [-0.2, -0.15) is 26.3 Å². The zero-order valence-corrected chi connectivity index (χ0v) is 29.9. The van der Waals surface area contributed by atoms with Crippen LogP contribution in [0.15, 0.2) is 52.2 Å². The lowest BCUT2D eigenvalue weighted by Crippen LogP contribution is -2.47. The molecule has 12 nitrogen and oxygen atoms in total. The van der Waals surface area contributed by atoms with E-state index in [-0.39, 0.29) is 0 Å². The first-order valence-corrected chi connectivity index (χ1v) is 18.8. The molecule has 4 aromatic rings. The molecule has 1 unspecified atom stereocenters. The summed E-state index contributed by atoms with van der Waals surface area (Å²) in [5, 5.41) is 17.9. The smallest absolute Gasteiger partial charge is 0.475 e. The molecule has 3 N–H and O–H groups in total. The molecule has 1 atom stereocenters. The van der Waals surface area contributed by atoms with E-state index >= 15 is 0 Å². The third kappa shape index (κ3) is 10.9. The number of aromatic amines is 1. The van der Waals surface area contributed by atoms with Gasteiger partial charge in [-0.25, -0.2) is 23.0 Å². The fourth-order valence-corrected chi connectivity index (χ4v) is 8.90. The Morgan fingerprint density at radius 2 is 1.65 bits per heavy atom. The van der Waals surface area contributed by atoms with Gasteiger partial charge >= 0.3 is 24.3 Å². The summed E-state index contributed by atoms with van der Waals surface area (Å²) in [5.74, 6) is -5.51. The van der Waals surface area contributed by atoms with E-state index in [1.54, 1.807) is 28.8 Å². The second-order valence-corrected chi connectivity index (χ2v) is 15.6. The number of fused-ring (bicyclic) bond motifs is 1. The van der Waals surface area contributed by atoms with E-state index in [2.05, 4.69) is 20.9 Å². The van der Waals surface area contributed by atoms with Crippen LogP contribution in [0.1, 0.15) is 24.6 Å². The van der Waals surface area contributed by atoms with Crippen LogP contribution in [0.4, 0.5) is 32.0 Å². The minimum atomic E-state index is -5.08. The second-order valence-electron chi connectivity index (χ2n) is 11.5.